The number of rotatable bonds is 2. The van der Waals surface area contributed by atoms with Crippen molar-refractivity contribution in [2.45, 2.75) is 5.60 Å². The Bertz CT molecular complexity index is 633. The average Bonchev–Trinajstić information content (AvgIpc) is 2.71. The van der Waals surface area contributed by atoms with Gasteiger partial charge in [0.25, 0.3) is 0 Å². The van der Waals surface area contributed by atoms with Gasteiger partial charge in [-0.05, 0) is 11.1 Å². The summed E-state index contributed by atoms with van der Waals surface area (Å²) in [5.74, 6) is -0.695. The predicted molar refractivity (Wildman–Crippen MR) is 74.7 cm³/mol. The second-order valence-electron chi connectivity index (χ2n) is 4.99. The zero-order valence-corrected chi connectivity index (χ0v) is 11.3. The molecule has 1 aliphatic carbocycles. The molecule has 4 nitrogen and oxygen atoms in total. The highest BCUT2D eigenvalue weighted by molar-refractivity contribution is 5.96. The number of fused-ring (bicyclic) bond motifs is 3. The molecule has 102 valence electrons. The van der Waals surface area contributed by atoms with Gasteiger partial charge in [-0.1, -0.05) is 48.5 Å². The second-order valence-corrected chi connectivity index (χ2v) is 4.99. The summed E-state index contributed by atoms with van der Waals surface area (Å²) in [5, 5.41) is 12.3. The first-order valence-electron chi connectivity index (χ1n) is 6.36. The first-order valence-corrected chi connectivity index (χ1v) is 6.36. The van der Waals surface area contributed by atoms with E-state index in [4.69, 9.17) is 4.84 Å². The molecule has 2 aromatic rings. The van der Waals surface area contributed by atoms with Crippen LogP contribution in [-0.2, 0) is 15.2 Å². The quantitative estimate of drug-likeness (QED) is 0.846. The lowest BCUT2D eigenvalue weighted by molar-refractivity contribution is -0.196. The van der Waals surface area contributed by atoms with Crippen molar-refractivity contribution in [3.05, 3.63) is 59.7 Å². The van der Waals surface area contributed by atoms with Crippen LogP contribution in [0.15, 0.2) is 48.5 Å². The van der Waals surface area contributed by atoms with Crippen molar-refractivity contribution in [1.82, 2.24) is 5.06 Å². The van der Waals surface area contributed by atoms with Gasteiger partial charge >= 0.3 is 5.97 Å². The number of nitrogens with zero attached hydrogens (tertiary/aromatic N) is 1. The molecule has 3 rings (SSSR count). The highest BCUT2D eigenvalue weighted by atomic mass is 16.7. The molecule has 0 saturated heterocycles. The maximum atomic E-state index is 12.4. The molecule has 0 saturated carbocycles. The van der Waals surface area contributed by atoms with Crippen molar-refractivity contribution in [3.8, 4) is 11.1 Å². The van der Waals surface area contributed by atoms with Crippen LogP contribution in [0.5, 0.6) is 0 Å². The molecule has 2 aromatic carbocycles. The van der Waals surface area contributed by atoms with Gasteiger partial charge in [-0.3, -0.25) is 0 Å². The van der Waals surface area contributed by atoms with Crippen molar-refractivity contribution < 1.29 is 14.7 Å². The number of hydroxylamine groups is 2. The lowest BCUT2D eigenvalue weighted by atomic mass is 9.92. The fourth-order valence-electron chi connectivity index (χ4n) is 2.66. The second kappa shape index (κ2) is 4.44. The number of carbonyl (C=O) groups is 1. The molecule has 1 N–H and O–H groups in total. The predicted octanol–water partition coefficient (Wildman–Crippen LogP) is 1.92. The van der Waals surface area contributed by atoms with Crippen LogP contribution < -0.4 is 0 Å². The smallest absolute Gasteiger partial charge is 0.366 e. The summed E-state index contributed by atoms with van der Waals surface area (Å²) in [6.07, 6.45) is 0. The van der Waals surface area contributed by atoms with E-state index in [-0.39, 0.29) is 0 Å². The third-order valence-corrected chi connectivity index (χ3v) is 3.48. The molecule has 0 aromatic heterocycles. The Morgan fingerprint density at radius 1 is 1.00 bits per heavy atom. The van der Waals surface area contributed by atoms with Crippen LogP contribution in [0.4, 0.5) is 0 Å². The minimum atomic E-state index is -1.75. The monoisotopic (exact) mass is 269 g/mol. The maximum absolute atomic E-state index is 12.4. The molecule has 0 radical (unpaired) electrons. The molecule has 0 amide bonds. The minimum absolute atomic E-state index is 0.563. The summed E-state index contributed by atoms with van der Waals surface area (Å²) < 4.78 is 0. The topological polar surface area (TPSA) is 49.8 Å². The third kappa shape index (κ3) is 1.66. The molecule has 0 heterocycles. The van der Waals surface area contributed by atoms with Crippen molar-refractivity contribution in [1.29, 1.82) is 0 Å². The third-order valence-electron chi connectivity index (χ3n) is 3.48. The van der Waals surface area contributed by atoms with Crippen molar-refractivity contribution in [2.24, 2.45) is 0 Å². The summed E-state index contributed by atoms with van der Waals surface area (Å²) >= 11 is 0. The fourth-order valence-corrected chi connectivity index (χ4v) is 2.66. The Kier molecular flexibility index (Phi) is 2.85. The molecular formula is C16H15NO3. The number of hydrogen-bond acceptors (Lipinski definition) is 4. The van der Waals surface area contributed by atoms with Crippen molar-refractivity contribution >= 4 is 5.97 Å². The minimum Gasteiger partial charge on any atom is -0.370 e. The Morgan fingerprint density at radius 3 is 1.90 bits per heavy atom. The maximum Gasteiger partial charge on any atom is 0.366 e. The molecular weight excluding hydrogens is 254 g/mol. The van der Waals surface area contributed by atoms with Crippen LogP contribution in [0.1, 0.15) is 11.1 Å². The molecule has 1 aliphatic rings. The van der Waals surface area contributed by atoms with Crippen LogP contribution in [-0.4, -0.2) is 30.2 Å². The first-order chi connectivity index (χ1) is 9.55. The Balaban J connectivity index is 2.23. The van der Waals surface area contributed by atoms with Gasteiger partial charge in [-0.25, -0.2) is 4.79 Å². The van der Waals surface area contributed by atoms with Gasteiger partial charge in [0.05, 0.1) is 0 Å². The van der Waals surface area contributed by atoms with Gasteiger partial charge in [0.1, 0.15) is 0 Å². The molecule has 0 atom stereocenters. The zero-order valence-electron chi connectivity index (χ0n) is 11.3. The average molecular weight is 269 g/mol. The van der Waals surface area contributed by atoms with Gasteiger partial charge in [-0.2, -0.15) is 0 Å². The van der Waals surface area contributed by atoms with Crippen molar-refractivity contribution in [3.63, 3.8) is 0 Å². The fraction of sp³-hybridized carbons (Fsp3) is 0.188. The van der Waals surface area contributed by atoms with Gasteiger partial charge in [0.15, 0.2) is 0 Å². The van der Waals surface area contributed by atoms with E-state index in [2.05, 4.69) is 0 Å². The summed E-state index contributed by atoms with van der Waals surface area (Å²) in [6.45, 7) is 0. The lowest BCUT2D eigenvalue weighted by Gasteiger charge is -2.24. The van der Waals surface area contributed by atoms with Gasteiger partial charge < -0.3 is 9.94 Å². The molecule has 4 heteroatoms. The SMILES string of the molecule is CN(C)OC(=O)C1(O)c2ccccc2-c2ccccc21. The molecule has 0 unspecified atom stereocenters. The van der Waals surface area contributed by atoms with Crippen LogP contribution in [0.3, 0.4) is 0 Å². The lowest BCUT2D eigenvalue weighted by Crippen LogP contribution is -2.39. The van der Waals surface area contributed by atoms with Gasteiger partial charge in [-0.15, -0.1) is 5.06 Å². The number of hydrogen-bond donors (Lipinski definition) is 1. The van der Waals surface area contributed by atoms with E-state index in [9.17, 15) is 9.90 Å². The Labute approximate surface area is 117 Å². The Hall–Kier alpha value is -2.17. The van der Waals surface area contributed by atoms with E-state index in [0.29, 0.717) is 11.1 Å². The molecule has 0 fully saturated rings. The molecule has 20 heavy (non-hydrogen) atoms. The molecule has 0 bridgehead atoms. The van der Waals surface area contributed by atoms with Crippen LogP contribution in [0.2, 0.25) is 0 Å². The highest BCUT2D eigenvalue weighted by Crippen LogP contribution is 2.47. The van der Waals surface area contributed by atoms with Gasteiger partial charge in [0, 0.05) is 25.2 Å². The number of aliphatic hydroxyl groups is 1. The van der Waals surface area contributed by atoms with Crippen LogP contribution in [0.25, 0.3) is 11.1 Å². The normalized spacial score (nSPS) is 14.8. The van der Waals surface area contributed by atoms with Gasteiger partial charge in [0.2, 0.25) is 5.60 Å². The molecule has 0 spiro atoms. The Morgan fingerprint density at radius 2 is 1.45 bits per heavy atom. The summed E-state index contributed by atoms with van der Waals surface area (Å²) in [6, 6.07) is 14.7. The summed E-state index contributed by atoms with van der Waals surface area (Å²) in [4.78, 5) is 17.5. The first kappa shape index (κ1) is 12.8. The number of carbonyl (C=O) groups excluding carboxylic acids is 1. The zero-order chi connectivity index (χ0) is 14.3. The van der Waals surface area contributed by atoms with Crippen LogP contribution >= 0.6 is 0 Å². The van der Waals surface area contributed by atoms with E-state index >= 15 is 0 Å². The summed E-state index contributed by atoms with van der Waals surface area (Å²) in [5.41, 5.74) is 1.10. The van der Waals surface area contributed by atoms with Crippen molar-refractivity contribution in [2.75, 3.05) is 14.1 Å². The van der Waals surface area contributed by atoms with E-state index in [1.54, 1.807) is 38.4 Å². The van der Waals surface area contributed by atoms with E-state index in [1.165, 1.54) is 5.06 Å². The van der Waals surface area contributed by atoms with Crippen LogP contribution in [0, 0.1) is 0 Å². The number of benzene rings is 2. The van der Waals surface area contributed by atoms with E-state index in [1.807, 2.05) is 24.3 Å². The highest BCUT2D eigenvalue weighted by Gasteiger charge is 2.49. The van der Waals surface area contributed by atoms with E-state index in [0.717, 1.165) is 11.1 Å². The summed E-state index contributed by atoms with van der Waals surface area (Å²) in [7, 11) is 3.21. The van der Waals surface area contributed by atoms with E-state index < -0.39 is 11.6 Å². The molecule has 0 aliphatic heterocycles. The standard InChI is InChI=1S/C16H15NO3/c1-17(2)20-15(18)16(19)13-9-5-3-7-11(13)12-8-4-6-10-14(12)16/h3-10,19H,1-2H3. The largest absolute Gasteiger partial charge is 0.370 e.